The standard InChI is InChI=1S/C14H17N3O5.ClH/c18-13(6-8-16-7-5-10(9-16)14(19)20)15-11-1-3-12(4-2-11)17(21)22;/h1-4,10H,5-9H2,(H,15,18)(H,19,20);1H. The third-order valence-corrected chi connectivity index (χ3v) is 3.64. The summed E-state index contributed by atoms with van der Waals surface area (Å²) in [5.41, 5.74) is 0.468. The summed E-state index contributed by atoms with van der Waals surface area (Å²) in [4.78, 5) is 34.6. The Hall–Kier alpha value is -2.19. The monoisotopic (exact) mass is 343 g/mol. The fraction of sp³-hybridized carbons (Fsp3) is 0.429. The van der Waals surface area contributed by atoms with E-state index in [0.717, 1.165) is 0 Å². The van der Waals surface area contributed by atoms with Crippen LogP contribution in [0.4, 0.5) is 11.4 Å². The molecule has 1 aromatic rings. The zero-order valence-electron chi connectivity index (χ0n) is 12.3. The van der Waals surface area contributed by atoms with Gasteiger partial charge in [0.05, 0.1) is 10.8 Å². The van der Waals surface area contributed by atoms with Crippen LogP contribution < -0.4 is 5.32 Å². The molecule has 1 aliphatic heterocycles. The maximum atomic E-state index is 11.8. The van der Waals surface area contributed by atoms with Gasteiger partial charge in [0.15, 0.2) is 0 Å². The Bertz CT molecular complexity index is 578. The lowest BCUT2D eigenvalue weighted by molar-refractivity contribution is -0.384. The number of carboxylic acids is 1. The highest BCUT2D eigenvalue weighted by molar-refractivity contribution is 5.90. The number of nitro groups is 1. The lowest BCUT2D eigenvalue weighted by Crippen LogP contribution is -2.27. The molecule has 0 spiro atoms. The molecule has 1 amide bonds. The molecule has 9 heteroatoms. The second kappa shape index (κ2) is 8.44. The summed E-state index contributed by atoms with van der Waals surface area (Å²) < 4.78 is 0. The molecule has 1 heterocycles. The van der Waals surface area contributed by atoms with E-state index < -0.39 is 10.9 Å². The van der Waals surface area contributed by atoms with E-state index in [4.69, 9.17) is 5.11 Å². The Balaban J connectivity index is 0.00000264. The van der Waals surface area contributed by atoms with Gasteiger partial charge in [-0.2, -0.15) is 0 Å². The Labute approximate surface area is 139 Å². The number of carbonyl (C=O) groups excluding carboxylic acids is 1. The number of aliphatic carboxylic acids is 1. The van der Waals surface area contributed by atoms with Crippen LogP contribution in [0.2, 0.25) is 0 Å². The van der Waals surface area contributed by atoms with Crippen molar-refractivity contribution in [3.05, 3.63) is 34.4 Å². The van der Waals surface area contributed by atoms with Crippen molar-refractivity contribution >= 4 is 35.7 Å². The highest BCUT2D eigenvalue weighted by Crippen LogP contribution is 2.17. The van der Waals surface area contributed by atoms with Gasteiger partial charge in [-0.3, -0.25) is 19.7 Å². The van der Waals surface area contributed by atoms with E-state index in [0.29, 0.717) is 31.7 Å². The number of carbonyl (C=O) groups is 2. The first-order valence-corrected chi connectivity index (χ1v) is 6.95. The molecule has 1 atom stereocenters. The van der Waals surface area contributed by atoms with Gasteiger partial charge in [-0.25, -0.2) is 0 Å². The Kier molecular flexibility index (Phi) is 6.92. The maximum absolute atomic E-state index is 11.8. The molecule has 8 nitrogen and oxygen atoms in total. The molecule has 1 saturated heterocycles. The predicted octanol–water partition coefficient (Wildman–Crippen LogP) is 1.75. The molecule has 23 heavy (non-hydrogen) atoms. The largest absolute Gasteiger partial charge is 0.481 e. The lowest BCUT2D eigenvalue weighted by Gasteiger charge is -2.14. The van der Waals surface area contributed by atoms with Crippen molar-refractivity contribution in [3.8, 4) is 0 Å². The summed E-state index contributed by atoms with van der Waals surface area (Å²) in [6.45, 7) is 1.66. The number of amides is 1. The molecule has 126 valence electrons. The number of anilines is 1. The second-order valence-electron chi connectivity index (χ2n) is 5.23. The Morgan fingerprint density at radius 3 is 2.52 bits per heavy atom. The van der Waals surface area contributed by atoms with Gasteiger partial charge in [0.25, 0.3) is 5.69 Å². The van der Waals surface area contributed by atoms with Gasteiger partial charge in [-0.15, -0.1) is 12.4 Å². The van der Waals surface area contributed by atoms with Crippen LogP contribution in [-0.4, -0.2) is 46.4 Å². The van der Waals surface area contributed by atoms with Crippen molar-refractivity contribution in [1.82, 2.24) is 4.90 Å². The average Bonchev–Trinajstić information content (AvgIpc) is 2.95. The normalized spacial score (nSPS) is 17.3. The molecule has 0 aliphatic carbocycles. The molecule has 0 radical (unpaired) electrons. The van der Waals surface area contributed by atoms with Gasteiger partial charge in [0.1, 0.15) is 0 Å². The van der Waals surface area contributed by atoms with Crippen molar-refractivity contribution in [1.29, 1.82) is 0 Å². The first-order valence-electron chi connectivity index (χ1n) is 6.95. The molecule has 0 bridgehead atoms. The number of non-ortho nitro benzene ring substituents is 1. The quantitative estimate of drug-likeness (QED) is 0.601. The van der Waals surface area contributed by atoms with E-state index >= 15 is 0 Å². The molecule has 1 fully saturated rings. The minimum Gasteiger partial charge on any atom is -0.481 e. The van der Waals surface area contributed by atoms with E-state index in [1.807, 2.05) is 4.90 Å². The molecule has 1 unspecified atom stereocenters. The number of nitrogens with zero attached hydrogens (tertiary/aromatic N) is 2. The maximum Gasteiger partial charge on any atom is 0.307 e. The van der Waals surface area contributed by atoms with Crippen LogP contribution in [0, 0.1) is 16.0 Å². The van der Waals surface area contributed by atoms with Crippen LogP contribution in [0.1, 0.15) is 12.8 Å². The van der Waals surface area contributed by atoms with Crippen molar-refractivity contribution in [2.75, 3.05) is 25.0 Å². The van der Waals surface area contributed by atoms with E-state index in [9.17, 15) is 19.7 Å². The van der Waals surface area contributed by atoms with E-state index in [-0.39, 0.29) is 36.3 Å². The van der Waals surface area contributed by atoms with Gasteiger partial charge < -0.3 is 15.3 Å². The van der Waals surface area contributed by atoms with Gasteiger partial charge in [-0.05, 0) is 25.1 Å². The molecule has 1 aliphatic rings. The molecule has 0 saturated carbocycles. The minimum absolute atomic E-state index is 0. The summed E-state index contributed by atoms with van der Waals surface area (Å²) in [6, 6.07) is 5.61. The average molecular weight is 344 g/mol. The van der Waals surface area contributed by atoms with E-state index in [1.165, 1.54) is 24.3 Å². The number of nitro benzene ring substituents is 1. The fourth-order valence-corrected chi connectivity index (χ4v) is 2.39. The van der Waals surface area contributed by atoms with Gasteiger partial charge in [-0.1, -0.05) is 0 Å². The minimum atomic E-state index is -0.794. The summed E-state index contributed by atoms with van der Waals surface area (Å²) in [6.07, 6.45) is 0.864. The topological polar surface area (TPSA) is 113 Å². The lowest BCUT2D eigenvalue weighted by atomic mass is 10.1. The zero-order chi connectivity index (χ0) is 16.1. The van der Waals surface area contributed by atoms with E-state index in [2.05, 4.69) is 5.32 Å². The molecular formula is C14H18ClN3O5. The van der Waals surface area contributed by atoms with Crippen LogP contribution in [0.5, 0.6) is 0 Å². The van der Waals surface area contributed by atoms with Crippen molar-refractivity contribution in [2.24, 2.45) is 5.92 Å². The third-order valence-electron chi connectivity index (χ3n) is 3.64. The number of hydrogen-bond donors (Lipinski definition) is 2. The van der Waals surface area contributed by atoms with Crippen molar-refractivity contribution < 1.29 is 19.6 Å². The van der Waals surface area contributed by atoms with Gasteiger partial charge >= 0.3 is 5.97 Å². The highest BCUT2D eigenvalue weighted by atomic mass is 35.5. The summed E-state index contributed by atoms with van der Waals surface area (Å²) in [5, 5.41) is 22.1. The van der Waals surface area contributed by atoms with Gasteiger partial charge in [0.2, 0.25) is 5.91 Å². The molecule has 2 N–H and O–H groups in total. The number of benzene rings is 1. The highest BCUT2D eigenvalue weighted by Gasteiger charge is 2.27. The molecule has 2 rings (SSSR count). The summed E-state index contributed by atoms with van der Waals surface area (Å²) in [5.74, 6) is -1.34. The number of halogens is 1. The molecule has 0 aromatic heterocycles. The molecule has 1 aromatic carbocycles. The van der Waals surface area contributed by atoms with Crippen LogP contribution in [0.15, 0.2) is 24.3 Å². The predicted molar refractivity (Wildman–Crippen MR) is 85.8 cm³/mol. The Morgan fingerprint density at radius 2 is 2.00 bits per heavy atom. The fourth-order valence-electron chi connectivity index (χ4n) is 2.39. The van der Waals surface area contributed by atoms with Crippen LogP contribution in [0.25, 0.3) is 0 Å². The Morgan fingerprint density at radius 1 is 1.35 bits per heavy atom. The van der Waals surface area contributed by atoms with Crippen molar-refractivity contribution in [3.63, 3.8) is 0 Å². The smallest absolute Gasteiger partial charge is 0.307 e. The van der Waals surface area contributed by atoms with Gasteiger partial charge in [0, 0.05) is 37.3 Å². The van der Waals surface area contributed by atoms with Crippen LogP contribution >= 0.6 is 12.4 Å². The van der Waals surface area contributed by atoms with Crippen LogP contribution in [-0.2, 0) is 9.59 Å². The summed E-state index contributed by atoms with van der Waals surface area (Å²) >= 11 is 0. The number of likely N-dealkylation sites (tertiary alicyclic amines) is 1. The number of carboxylic acid groups (broad SMARTS) is 1. The first-order chi connectivity index (χ1) is 10.5. The van der Waals surface area contributed by atoms with Crippen LogP contribution in [0.3, 0.4) is 0 Å². The summed E-state index contributed by atoms with van der Waals surface area (Å²) in [7, 11) is 0. The second-order valence-corrected chi connectivity index (χ2v) is 5.23. The SMILES string of the molecule is Cl.O=C(CCN1CCC(C(=O)O)C1)Nc1ccc([N+](=O)[O-])cc1. The first kappa shape index (κ1) is 18.9. The zero-order valence-corrected chi connectivity index (χ0v) is 13.1. The number of nitrogens with one attached hydrogen (secondary N) is 1. The number of hydrogen-bond acceptors (Lipinski definition) is 5. The van der Waals surface area contributed by atoms with Crippen molar-refractivity contribution in [2.45, 2.75) is 12.8 Å². The van der Waals surface area contributed by atoms with E-state index in [1.54, 1.807) is 0 Å². The number of rotatable bonds is 6. The molecular weight excluding hydrogens is 326 g/mol. The third kappa shape index (κ3) is 5.50.